The Morgan fingerprint density at radius 3 is 2.76 bits per heavy atom. The number of benzene rings is 1. The van der Waals surface area contributed by atoms with Gasteiger partial charge in [0.2, 0.25) is 0 Å². The van der Waals surface area contributed by atoms with Crippen LogP contribution >= 0.6 is 11.3 Å². The molecule has 0 fully saturated rings. The Morgan fingerprint density at radius 2 is 2.05 bits per heavy atom. The highest BCUT2D eigenvalue weighted by atomic mass is 32.1. The van der Waals surface area contributed by atoms with E-state index in [-0.39, 0.29) is 0 Å². The lowest BCUT2D eigenvalue weighted by atomic mass is 10.2. The topological polar surface area (TPSA) is 34.1 Å². The van der Waals surface area contributed by atoms with Gasteiger partial charge in [0, 0.05) is 11.4 Å². The molecule has 0 amide bonds. The highest BCUT2D eigenvalue weighted by Crippen LogP contribution is 2.22. The Labute approximate surface area is 131 Å². The van der Waals surface area contributed by atoms with Gasteiger partial charge in [0.1, 0.15) is 17.4 Å². The van der Waals surface area contributed by atoms with Gasteiger partial charge in [0.25, 0.3) is 0 Å². The summed E-state index contributed by atoms with van der Waals surface area (Å²) in [6.45, 7) is 8.87. The standard InChI is InChI=1S/C17H24N2OS/c1-4-13-8-7-9-14(10-13)20-12-17-19-15(5-2)16(21-17)11-18-6-3/h7-10,18H,4-6,11-12H2,1-3H3. The summed E-state index contributed by atoms with van der Waals surface area (Å²) >= 11 is 1.75. The first kappa shape index (κ1) is 16.0. The molecule has 0 aliphatic rings. The number of ether oxygens (including phenoxy) is 1. The molecule has 0 spiro atoms. The molecule has 0 radical (unpaired) electrons. The van der Waals surface area contributed by atoms with E-state index in [1.165, 1.54) is 16.1 Å². The Morgan fingerprint density at radius 1 is 1.19 bits per heavy atom. The van der Waals surface area contributed by atoms with Gasteiger partial charge in [0.15, 0.2) is 0 Å². The second kappa shape index (κ2) is 8.15. The summed E-state index contributed by atoms with van der Waals surface area (Å²) in [6, 6.07) is 8.28. The summed E-state index contributed by atoms with van der Waals surface area (Å²) < 4.78 is 5.88. The van der Waals surface area contributed by atoms with Crippen LogP contribution in [0.3, 0.4) is 0 Å². The summed E-state index contributed by atoms with van der Waals surface area (Å²) in [4.78, 5) is 6.03. The molecule has 0 unspecified atom stereocenters. The Hall–Kier alpha value is -1.39. The zero-order valence-corrected chi connectivity index (χ0v) is 13.9. The van der Waals surface area contributed by atoms with Crippen molar-refractivity contribution in [3.05, 3.63) is 45.4 Å². The highest BCUT2D eigenvalue weighted by molar-refractivity contribution is 7.11. The number of rotatable bonds is 8. The maximum Gasteiger partial charge on any atom is 0.140 e. The normalized spacial score (nSPS) is 10.8. The zero-order chi connectivity index (χ0) is 15.1. The quantitative estimate of drug-likeness (QED) is 0.801. The first-order valence-electron chi connectivity index (χ1n) is 7.66. The van der Waals surface area contributed by atoms with E-state index in [4.69, 9.17) is 9.72 Å². The van der Waals surface area contributed by atoms with E-state index in [0.717, 1.165) is 36.7 Å². The van der Waals surface area contributed by atoms with E-state index < -0.39 is 0 Å². The smallest absolute Gasteiger partial charge is 0.140 e. The average molecular weight is 304 g/mol. The zero-order valence-electron chi connectivity index (χ0n) is 13.1. The number of aromatic nitrogens is 1. The van der Waals surface area contributed by atoms with Gasteiger partial charge in [-0.05, 0) is 37.1 Å². The van der Waals surface area contributed by atoms with Gasteiger partial charge in [-0.25, -0.2) is 4.98 Å². The van der Waals surface area contributed by atoms with Crippen LogP contribution in [0.4, 0.5) is 0 Å². The average Bonchev–Trinajstić information content (AvgIpc) is 2.93. The number of aryl methyl sites for hydroxylation is 2. The van der Waals surface area contributed by atoms with Crippen LogP contribution in [0.25, 0.3) is 0 Å². The molecule has 21 heavy (non-hydrogen) atoms. The second-order valence-corrected chi connectivity index (χ2v) is 6.07. The van der Waals surface area contributed by atoms with Crippen molar-refractivity contribution in [1.82, 2.24) is 10.3 Å². The van der Waals surface area contributed by atoms with Crippen LogP contribution in [0.1, 0.15) is 41.9 Å². The van der Waals surface area contributed by atoms with Crippen LogP contribution in [0.2, 0.25) is 0 Å². The minimum atomic E-state index is 0.553. The van der Waals surface area contributed by atoms with Crippen LogP contribution < -0.4 is 10.1 Å². The second-order valence-electron chi connectivity index (χ2n) is 4.90. The van der Waals surface area contributed by atoms with E-state index in [9.17, 15) is 0 Å². The molecule has 0 aliphatic carbocycles. The molecule has 3 nitrogen and oxygen atoms in total. The van der Waals surface area contributed by atoms with E-state index in [1.807, 2.05) is 12.1 Å². The fraction of sp³-hybridized carbons (Fsp3) is 0.471. The SMILES string of the molecule is CCNCc1sc(COc2cccc(CC)c2)nc1CC. The van der Waals surface area contributed by atoms with Crippen molar-refractivity contribution < 1.29 is 4.74 Å². The first-order valence-corrected chi connectivity index (χ1v) is 8.48. The summed E-state index contributed by atoms with van der Waals surface area (Å²) in [5, 5.41) is 4.43. The van der Waals surface area contributed by atoms with Gasteiger partial charge in [-0.1, -0.05) is 32.9 Å². The molecular formula is C17H24N2OS. The molecule has 4 heteroatoms. The van der Waals surface area contributed by atoms with E-state index in [1.54, 1.807) is 11.3 Å². The van der Waals surface area contributed by atoms with Gasteiger partial charge in [-0.2, -0.15) is 0 Å². The van der Waals surface area contributed by atoms with Crippen molar-refractivity contribution in [1.29, 1.82) is 0 Å². The third-order valence-electron chi connectivity index (χ3n) is 3.36. The molecular weight excluding hydrogens is 280 g/mol. The van der Waals surface area contributed by atoms with Gasteiger partial charge in [-0.15, -0.1) is 11.3 Å². The van der Waals surface area contributed by atoms with Crippen molar-refractivity contribution in [3.63, 3.8) is 0 Å². The summed E-state index contributed by atoms with van der Waals surface area (Å²) in [5.41, 5.74) is 2.50. The maximum atomic E-state index is 5.88. The number of nitrogens with one attached hydrogen (secondary N) is 1. The number of nitrogens with zero attached hydrogens (tertiary/aromatic N) is 1. The predicted octanol–water partition coefficient (Wildman–Crippen LogP) is 3.96. The van der Waals surface area contributed by atoms with Crippen LogP contribution in [0, 0.1) is 0 Å². The number of thiazole rings is 1. The molecule has 0 saturated heterocycles. The largest absolute Gasteiger partial charge is 0.486 e. The molecule has 0 bridgehead atoms. The highest BCUT2D eigenvalue weighted by Gasteiger charge is 2.10. The van der Waals surface area contributed by atoms with Crippen molar-refractivity contribution in [2.75, 3.05) is 6.54 Å². The molecule has 2 aromatic rings. The van der Waals surface area contributed by atoms with Gasteiger partial charge < -0.3 is 10.1 Å². The van der Waals surface area contributed by atoms with Crippen LogP contribution in [0.5, 0.6) is 5.75 Å². The van der Waals surface area contributed by atoms with Crippen LogP contribution in [0.15, 0.2) is 24.3 Å². The lowest BCUT2D eigenvalue weighted by molar-refractivity contribution is 0.305. The minimum absolute atomic E-state index is 0.553. The number of hydrogen-bond acceptors (Lipinski definition) is 4. The third kappa shape index (κ3) is 4.55. The van der Waals surface area contributed by atoms with Crippen LogP contribution in [-0.4, -0.2) is 11.5 Å². The minimum Gasteiger partial charge on any atom is -0.486 e. The van der Waals surface area contributed by atoms with Crippen molar-refractivity contribution in [2.45, 2.75) is 46.8 Å². The van der Waals surface area contributed by atoms with Gasteiger partial charge in [-0.3, -0.25) is 0 Å². The maximum absolute atomic E-state index is 5.88. The summed E-state index contributed by atoms with van der Waals surface area (Å²) in [6.07, 6.45) is 2.00. The molecule has 0 aliphatic heterocycles. The van der Waals surface area contributed by atoms with E-state index in [0.29, 0.717) is 6.61 Å². The monoisotopic (exact) mass is 304 g/mol. The predicted molar refractivity (Wildman–Crippen MR) is 89.0 cm³/mol. The van der Waals surface area contributed by atoms with Crippen LogP contribution in [-0.2, 0) is 26.0 Å². The lowest BCUT2D eigenvalue weighted by Crippen LogP contribution is -2.11. The Kier molecular flexibility index (Phi) is 6.21. The number of hydrogen-bond donors (Lipinski definition) is 1. The first-order chi connectivity index (χ1) is 10.3. The molecule has 0 saturated carbocycles. The fourth-order valence-corrected chi connectivity index (χ4v) is 3.19. The lowest BCUT2D eigenvalue weighted by Gasteiger charge is -2.05. The Balaban J connectivity index is 2.00. The molecule has 0 atom stereocenters. The van der Waals surface area contributed by atoms with Gasteiger partial charge in [0.05, 0.1) is 5.69 Å². The van der Waals surface area contributed by atoms with Gasteiger partial charge >= 0.3 is 0 Å². The molecule has 1 aromatic heterocycles. The molecule has 2 rings (SSSR count). The van der Waals surface area contributed by atoms with Crippen molar-refractivity contribution >= 4 is 11.3 Å². The van der Waals surface area contributed by atoms with E-state index >= 15 is 0 Å². The van der Waals surface area contributed by atoms with E-state index in [2.05, 4.69) is 38.2 Å². The molecule has 1 aromatic carbocycles. The molecule has 114 valence electrons. The fourth-order valence-electron chi connectivity index (χ4n) is 2.15. The summed E-state index contributed by atoms with van der Waals surface area (Å²) in [5.74, 6) is 0.927. The third-order valence-corrected chi connectivity index (χ3v) is 4.43. The van der Waals surface area contributed by atoms with Crippen molar-refractivity contribution in [2.24, 2.45) is 0 Å². The molecule has 1 N–H and O–H groups in total. The van der Waals surface area contributed by atoms with Crippen molar-refractivity contribution in [3.8, 4) is 5.75 Å². The molecule has 1 heterocycles. The summed E-state index contributed by atoms with van der Waals surface area (Å²) in [7, 11) is 0. The Bertz CT molecular complexity index is 566.